The number of anilines is 2. The van der Waals surface area contributed by atoms with Gasteiger partial charge in [0.1, 0.15) is 0 Å². The summed E-state index contributed by atoms with van der Waals surface area (Å²) in [6.07, 6.45) is -2.95. The molecule has 1 heterocycles. The molecule has 0 fully saturated rings. The maximum absolute atomic E-state index is 13.0. The van der Waals surface area contributed by atoms with Crippen molar-refractivity contribution < 1.29 is 32.6 Å². The lowest BCUT2D eigenvalue weighted by molar-refractivity contribution is -0.138. The molecule has 2 amide bonds. The number of amides is 2. The van der Waals surface area contributed by atoms with Gasteiger partial charge in [-0.2, -0.15) is 23.5 Å². The van der Waals surface area contributed by atoms with E-state index >= 15 is 0 Å². The quantitative estimate of drug-likeness (QED) is 0.693. The van der Waals surface area contributed by atoms with Crippen LogP contribution in [0, 0.1) is 11.3 Å². The summed E-state index contributed by atoms with van der Waals surface area (Å²) in [5, 5.41) is 27.6. The van der Waals surface area contributed by atoms with Crippen LogP contribution in [0.15, 0.2) is 30.6 Å². The van der Waals surface area contributed by atoms with E-state index in [1.807, 2.05) is 0 Å². The van der Waals surface area contributed by atoms with Gasteiger partial charge >= 0.3 is 12.3 Å². The van der Waals surface area contributed by atoms with Crippen LogP contribution in [0.3, 0.4) is 0 Å². The number of methoxy groups -OCH3 is 1. The number of alkyl halides is 3. The van der Waals surface area contributed by atoms with Crippen molar-refractivity contribution in [3.8, 4) is 6.07 Å². The summed E-state index contributed by atoms with van der Waals surface area (Å²) < 4.78 is 44.7. The van der Waals surface area contributed by atoms with Crippen molar-refractivity contribution in [2.24, 2.45) is 0 Å². The Labute approximate surface area is 162 Å². The highest BCUT2D eigenvalue weighted by atomic mass is 19.4. The highest BCUT2D eigenvalue weighted by Crippen LogP contribution is 2.33. The normalized spacial score (nSPS) is 13.1. The number of rotatable bonds is 5. The van der Waals surface area contributed by atoms with Crippen molar-refractivity contribution >= 4 is 23.4 Å². The minimum absolute atomic E-state index is 0.241. The van der Waals surface area contributed by atoms with Gasteiger partial charge in [-0.05, 0) is 25.1 Å². The van der Waals surface area contributed by atoms with E-state index in [4.69, 9.17) is 5.26 Å². The topological polar surface area (TPSA) is 129 Å². The second kappa shape index (κ2) is 8.19. The molecule has 0 unspecified atom stereocenters. The van der Waals surface area contributed by atoms with E-state index in [9.17, 15) is 27.9 Å². The Morgan fingerprint density at radius 1 is 1.31 bits per heavy atom. The zero-order valence-electron chi connectivity index (χ0n) is 15.2. The van der Waals surface area contributed by atoms with E-state index in [-0.39, 0.29) is 17.9 Å². The first kappa shape index (κ1) is 21.7. The molecule has 0 saturated heterocycles. The average Bonchev–Trinajstić information content (AvgIpc) is 3.06. The SMILES string of the molecule is COC(=O)Nc1cnn(C[C@](C)(O)C(=O)Nc2ccc(C#N)c(C(F)(F)F)c2)c1. The summed E-state index contributed by atoms with van der Waals surface area (Å²) >= 11 is 0. The van der Waals surface area contributed by atoms with Gasteiger partial charge in [0, 0.05) is 11.9 Å². The second-order valence-corrected chi connectivity index (χ2v) is 6.14. The lowest BCUT2D eigenvalue weighted by Gasteiger charge is -2.22. The van der Waals surface area contributed by atoms with Crippen molar-refractivity contribution in [2.45, 2.75) is 25.2 Å². The molecule has 0 bridgehead atoms. The number of carbonyl (C=O) groups excluding carboxylic acids is 2. The molecular formula is C17H16F3N5O4. The van der Waals surface area contributed by atoms with E-state index < -0.39 is 34.9 Å². The van der Waals surface area contributed by atoms with Crippen molar-refractivity contribution in [3.63, 3.8) is 0 Å². The van der Waals surface area contributed by atoms with Crippen molar-refractivity contribution in [3.05, 3.63) is 41.7 Å². The first-order chi connectivity index (χ1) is 13.5. The Kier molecular flexibility index (Phi) is 6.13. The highest BCUT2D eigenvalue weighted by Gasteiger charge is 2.35. The maximum atomic E-state index is 13.0. The number of carbonyl (C=O) groups is 2. The summed E-state index contributed by atoms with van der Waals surface area (Å²) in [4.78, 5) is 23.5. The number of ether oxygens (including phenoxy) is 1. The standard InChI is InChI=1S/C17H16F3N5O4/c1-16(28,9-25-8-12(7-22-25)24-15(27)29-2)14(26)23-11-4-3-10(6-21)13(5-11)17(18,19)20/h3-5,7-8,28H,9H2,1-2H3,(H,23,26)(H,24,27)/t16-/m0/s1. The largest absolute Gasteiger partial charge is 0.453 e. The molecule has 1 aromatic heterocycles. The number of aromatic nitrogens is 2. The van der Waals surface area contributed by atoms with Crippen LogP contribution in [0.1, 0.15) is 18.1 Å². The van der Waals surface area contributed by atoms with Crippen LogP contribution in [0.2, 0.25) is 0 Å². The van der Waals surface area contributed by atoms with Gasteiger partial charge in [-0.1, -0.05) is 0 Å². The van der Waals surface area contributed by atoms with Gasteiger partial charge in [-0.3, -0.25) is 14.8 Å². The van der Waals surface area contributed by atoms with E-state index in [1.54, 1.807) is 0 Å². The number of hydrogen-bond acceptors (Lipinski definition) is 6. The summed E-state index contributed by atoms with van der Waals surface area (Å²) in [7, 11) is 1.17. The Morgan fingerprint density at radius 3 is 2.59 bits per heavy atom. The summed E-state index contributed by atoms with van der Waals surface area (Å²) in [5.74, 6) is -0.992. The van der Waals surface area contributed by atoms with Crippen molar-refractivity contribution in [1.82, 2.24) is 9.78 Å². The van der Waals surface area contributed by atoms with Crippen molar-refractivity contribution in [2.75, 3.05) is 17.7 Å². The zero-order chi connectivity index (χ0) is 21.8. The molecule has 2 rings (SSSR count). The fourth-order valence-electron chi connectivity index (χ4n) is 2.29. The van der Waals surface area contributed by atoms with Gasteiger partial charge in [-0.25, -0.2) is 4.79 Å². The first-order valence-electron chi connectivity index (χ1n) is 7.99. The van der Waals surface area contributed by atoms with E-state index in [1.165, 1.54) is 25.6 Å². The molecule has 29 heavy (non-hydrogen) atoms. The summed E-state index contributed by atoms with van der Waals surface area (Å²) in [5.41, 5.74) is -3.85. The third kappa shape index (κ3) is 5.45. The Morgan fingerprint density at radius 2 is 2.00 bits per heavy atom. The van der Waals surface area contributed by atoms with Crippen LogP contribution in [0.5, 0.6) is 0 Å². The molecule has 1 atom stereocenters. The lowest BCUT2D eigenvalue weighted by Crippen LogP contribution is -2.43. The number of nitriles is 1. The third-order valence-electron chi connectivity index (χ3n) is 3.73. The molecule has 3 N–H and O–H groups in total. The molecule has 0 aliphatic heterocycles. The number of hydrogen-bond donors (Lipinski definition) is 3. The number of halogens is 3. The molecule has 12 heteroatoms. The summed E-state index contributed by atoms with van der Waals surface area (Å²) in [6, 6.07) is 4.08. The van der Waals surface area contributed by atoms with Crippen molar-refractivity contribution in [1.29, 1.82) is 5.26 Å². The predicted molar refractivity (Wildman–Crippen MR) is 93.7 cm³/mol. The van der Waals surface area contributed by atoms with E-state index in [0.29, 0.717) is 6.07 Å². The van der Waals surface area contributed by atoms with Crippen LogP contribution >= 0.6 is 0 Å². The van der Waals surface area contributed by atoms with Gasteiger partial charge in [0.15, 0.2) is 5.60 Å². The molecule has 2 aromatic rings. The summed E-state index contributed by atoms with van der Waals surface area (Å²) in [6.45, 7) is 0.788. The van der Waals surface area contributed by atoms with E-state index in [0.717, 1.165) is 23.7 Å². The number of nitrogens with one attached hydrogen (secondary N) is 2. The van der Waals surface area contributed by atoms with Crippen LogP contribution in [0.25, 0.3) is 0 Å². The van der Waals surface area contributed by atoms with Gasteiger partial charge in [0.2, 0.25) is 0 Å². The first-order valence-corrected chi connectivity index (χ1v) is 7.99. The van der Waals surface area contributed by atoms with Gasteiger partial charge in [0.05, 0.1) is 42.7 Å². The second-order valence-electron chi connectivity index (χ2n) is 6.14. The number of aliphatic hydroxyl groups is 1. The number of benzene rings is 1. The Bertz CT molecular complexity index is 963. The Balaban J connectivity index is 2.13. The molecule has 1 aromatic carbocycles. The highest BCUT2D eigenvalue weighted by molar-refractivity contribution is 5.97. The maximum Gasteiger partial charge on any atom is 0.417 e. The van der Waals surface area contributed by atoms with E-state index in [2.05, 4.69) is 20.5 Å². The minimum Gasteiger partial charge on any atom is -0.453 e. The zero-order valence-corrected chi connectivity index (χ0v) is 15.2. The van der Waals surface area contributed by atoms with Gasteiger partial charge in [-0.15, -0.1) is 0 Å². The molecular weight excluding hydrogens is 395 g/mol. The molecule has 0 radical (unpaired) electrons. The molecule has 0 saturated carbocycles. The fourth-order valence-corrected chi connectivity index (χ4v) is 2.29. The Hall–Kier alpha value is -3.59. The van der Waals surface area contributed by atoms with Crippen LogP contribution in [-0.2, 0) is 22.3 Å². The fraction of sp³-hybridized carbons (Fsp3) is 0.294. The molecule has 0 aliphatic rings. The molecule has 9 nitrogen and oxygen atoms in total. The molecule has 154 valence electrons. The van der Waals surface area contributed by atoms with Crippen LogP contribution in [0.4, 0.5) is 29.3 Å². The molecule has 0 aliphatic carbocycles. The predicted octanol–water partition coefficient (Wildman–Crippen LogP) is 2.34. The van der Waals surface area contributed by atoms with Gasteiger partial charge in [0.25, 0.3) is 5.91 Å². The van der Waals surface area contributed by atoms with Crippen LogP contribution in [-0.4, -0.2) is 39.6 Å². The average molecular weight is 411 g/mol. The number of nitrogens with zero attached hydrogens (tertiary/aromatic N) is 3. The minimum atomic E-state index is -4.79. The lowest BCUT2D eigenvalue weighted by atomic mass is 10.0. The smallest absolute Gasteiger partial charge is 0.417 e. The third-order valence-corrected chi connectivity index (χ3v) is 3.73. The molecule has 0 spiro atoms. The monoisotopic (exact) mass is 411 g/mol. The van der Waals surface area contributed by atoms with Crippen LogP contribution < -0.4 is 10.6 Å². The van der Waals surface area contributed by atoms with Gasteiger partial charge < -0.3 is 15.2 Å².